The lowest BCUT2D eigenvalue weighted by atomic mass is 10.3. The van der Waals surface area contributed by atoms with Crippen LogP contribution >= 0.6 is 0 Å². The molecule has 1 aromatic heterocycles. The standard InChI is InChI=1S/C11H17N5O3/c1-3-5-12-10-9(16(18)19)11(14-8-13-10)15(4-2)6-7-17/h3,8,17H,1,4-7H2,2H3,(H,12,13,14). The molecule has 0 aliphatic heterocycles. The van der Waals surface area contributed by atoms with Crippen molar-refractivity contribution < 1.29 is 10.0 Å². The average molecular weight is 267 g/mol. The van der Waals surface area contributed by atoms with Gasteiger partial charge >= 0.3 is 5.69 Å². The first-order chi connectivity index (χ1) is 9.15. The quantitative estimate of drug-likeness (QED) is 0.408. The largest absolute Gasteiger partial charge is 0.395 e. The van der Waals surface area contributed by atoms with Crippen molar-refractivity contribution in [2.24, 2.45) is 0 Å². The van der Waals surface area contributed by atoms with Crippen LogP contribution in [0.15, 0.2) is 19.0 Å². The van der Waals surface area contributed by atoms with Crippen LogP contribution in [0.3, 0.4) is 0 Å². The summed E-state index contributed by atoms with van der Waals surface area (Å²) in [6.07, 6.45) is 2.84. The van der Waals surface area contributed by atoms with Gasteiger partial charge in [-0.15, -0.1) is 6.58 Å². The SMILES string of the molecule is C=CCNc1ncnc(N(CC)CCO)c1[N+](=O)[O-]. The highest BCUT2D eigenvalue weighted by atomic mass is 16.6. The molecule has 0 aromatic carbocycles. The molecule has 0 saturated carbocycles. The number of aliphatic hydroxyl groups excluding tert-OH is 1. The molecule has 0 saturated heterocycles. The predicted molar refractivity (Wildman–Crippen MR) is 72.3 cm³/mol. The second-order valence-electron chi connectivity index (χ2n) is 3.62. The van der Waals surface area contributed by atoms with Crippen molar-refractivity contribution in [3.63, 3.8) is 0 Å². The maximum Gasteiger partial charge on any atom is 0.353 e. The summed E-state index contributed by atoms with van der Waals surface area (Å²) in [4.78, 5) is 20.1. The van der Waals surface area contributed by atoms with E-state index in [4.69, 9.17) is 5.11 Å². The van der Waals surface area contributed by atoms with E-state index in [0.717, 1.165) is 0 Å². The summed E-state index contributed by atoms with van der Waals surface area (Å²) < 4.78 is 0. The lowest BCUT2D eigenvalue weighted by molar-refractivity contribution is -0.383. The Morgan fingerprint density at radius 1 is 1.63 bits per heavy atom. The summed E-state index contributed by atoms with van der Waals surface area (Å²) in [5.41, 5.74) is -0.195. The number of nitro groups is 1. The van der Waals surface area contributed by atoms with Crippen molar-refractivity contribution >= 4 is 17.3 Å². The lowest BCUT2D eigenvalue weighted by Gasteiger charge is -2.20. The molecule has 0 atom stereocenters. The topological polar surface area (TPSA) is 104 Å². The molecule has 8 heteroatoms. The van der Waals surface area contributed by atoms with E-state index in [-0.39, 0.29) is 30.5 Å². The van der Waals surface area contributed by atoms with Crippen molar-refractivity contribution in [3.05, 3.63) is 29.1 Å². The number of hydrogen-bond acceptors (Lipinski definition) is 7. The Morgan fingerprint density at radius 2 is 2.37 bits per heavy atom. The van der Waals surface area contributed by atoms with Gasteiger partial charge < -0.3 is 15.3 Å². The minimum absolute atomic E-state index is 0.107. The molecule has 0 bridgehead atoms. The summed E-state index contributed by atoms with van der Waals surface area (Å²) in [5, 5.41) is 23.0. The van der Waals surface area contributed by atoms with Crippen LogP contribution in [-0.2, 0) is 0 Å². The van der Waals surface area contributed by atoms with Gasteiger partial charge in [0.05, 0.1) is 11.5 Å². The molecule has 0 radical (unpaired) electrons. The summed E-state index contributed by atoms with van der Waals surface area (Å²) in [5.74, 6) is 0.342. The third-order valence-electron chi connectivity index (χ3n) is 2.45. The zero-order valence-electron chi connectivity index (χ0n) is 10.7. The monoisotopic (exact) mass is 267 g/mol. The first kappa shape index (κ1) is 14.8. The van der Waals surface area contributed by atoms with Crippen molar-refractivity contribution in [2.75, 3.05) is 36.5 Å². The van der Waals surface area contributed by atoms with E-state index in [0.29, 0.717) is 13.1 Å². The number of nitrogens with zero attached hydrogens (tertiary/aromatic N) is 4. The minimum Gasteiger partial charge on any atom is -0.395 e. The fourth-order valence-electron chi connectivity index (χ4n) is 1.60. The second kappa shape index (κ2) is 7.27. The predicted octanol–water partition coefficient (Wildman–Crippen LogP) is 0.801. The van der Waals surface area contributed by atoms with E-state index >= 15 is 0 Å². The number of hydrogen-bond donors (Lipinski definition) is 2. The van der Waals surface area contributed by atoms with Crippen LogP contribution in [0.4, 0.5) is 17.3 Å². The Balaban J connectivity index is 3.21. The molecule has 1 aromatic rings. The van der Waals surface area contributed by atoms with Gasteiger partial charge in [-0.2, -0.15) is 0 Å². The molecular formula is C11H17N5O3. The van der Waals surface area contributed by atoms with Crippen LogP contribution in [0.2, 0.25) is 0 Å². The van der Waals surface area contributed by atoms with Gasteiger partial charge in [0.2, 0.25) is 11.6 Å². The smallest absolute Gasteiger partial charge is 0.353 e. The molecule has 0 unspecified atom stereocenters. The average Bonchev–Trinajstić information content (AvgIpc) is 2.41. The molecule has 1 heterocycles. The highest BCUT2D eigenvalue weighted by molar-refractivity contribution is 5.70. The number of rotatable bonds is 8. The molecule has 19 heavy (non-hydrogen) atoms. The van der Waals surface area contributed by atoms with Crippen LogP contribution in [0.1, 0.15) is 6.92 Å². The molecule has 8 nitrogen and oxygen atoms in total. The fraction of sp³-hybridized carbons (Fsp3) is 0.455. The number of likely N-dealkylation sites (N-methyl/N-ethyl adjacent to an activating group) is 1. The van der Waals surface area contributed by atoms with E-state index in [1.54, 1.807) is 11.0 Å². The minimum atomic E-state index is -0.527. The zero-order chi connectivity index (χ0) is 14.3. The Morgan fingerprint density at radius 3 is 2.89 bits per heavy atom. The van der Waals surface area contributed by atoms with Gasteiger partial charge in [0.25, 0.3) is 0 Å². The molecule has 0 fully saturated rings. The fourth-order valence-corrected chi connectivity index (χ4v) is 1.60. The van der Waals surface area contributed by atoms with Crippen LogP contribution < -0.4 is 10.2 Å². The van der Waals surface area contributed by atoms with Gasteiger partial charge in [-0.05, 0) is 6.92 Å². The normalized spacial score (nSPS) is 10.0. The molecule has 0 aliphatic rings. The van der Waals surface area contributed by atoms with Gasteiger partial charge in [0.1, 0.15) is 6.33 Å². The van der Waals surface area contributed by atoms with Crippen molar-refractivity contribution in [3.8, 4) is 0 Å². The second-order valence-corrected chi connectivity index (χ2v) is 3.62. The molecule has 0 amide bonds. The van der Waals surface area contributed by atoms with Crippen molar-refractivity contribution in [1.29, 1.82) is 0 Å². The van der Waals surface area contributed by atoms with Crippen molar-refractivity contribution in [1.82, 2.24) is 9.97 Å². The van der Waals surface area contributed by atoms with E-state index in [1.165, 1.54) is 6.33 Å². The van der Waals surface area contributed by atoms with Gasteiger partial charge in [-0.3, -0.25) is 10.1 Å². The van der Waals surface area contributed by atoms with Crippen LogP contribution in [0, 0.1) is 10.1 Å². The van der Waals surface area contributed by atoms with E-state index in [1.807, 2.05) is 6.92 Å². The lowest BCUT2D eigenvalue weighted by Crippen LogP contribution is -2.28. The van der Waals surface area contributed by atoms with E-state index in [2.05, 4.69) is 21.9 Å². The van der Waals surface area contributed by atoms with E-state index in [9.17, 15) is 10.1 Å². The summed E-state index contributed by atoms with van der Waals surface area (Å²) in [7, 11) is 0. The highest BCUT2D eigenvalue weighted by Crippen LogP contribution is 2.31. The summed E-state index contributed by atoms with van der Waals surface area (Å²) >= 11 is 0. The number of aromatic nitrogens is 2. The maximum atomic E-state index is 11.2. The molecule has 1 rings (SSSR count). The molecule has 104 valence electrons. The van der Waals surface area contributed by atoms with Gasteiger partial charge in [0.15, 0.2) is 0 Å². The Hall–Kier alpha value is -2.22. The van der Waals surface area contributed by atoms with Gasteiger partial charge in [0, 0.05) is 19.6 Å². The third kappa shape index (κ3) is 3.62. The highest BCUT2D eigenvalue weighted by Gasteiger charge is 2.25. The van der Waals surface area contributed by atoms with Crippen LogP contribution in [0.5, 0.6) is 0 Å². The zero-order valence-corrected chi connectivity index (χ0v) is 10.7. The van der Waals surface area contributed by atoms with Crippen LogP contribution in [0.25, 0.3) is 0 Å². The molecule has 0 aliphatic carbocycles. The number of nitrogens with one attached hydrogen (secondary N) is 1. The summed E-state index contributed by atoms with van der Waals surface area (Å²) in [6, 6.07) is 0. The Labute approximate surface area is 110 Å². The third-order valence-corrected chi connectivity index (χ3v) is 2.45. The maximum absolute atomic E-state index is 11.2. The Bertz CT molecular complexity index is 452. The van der Waals surface area contributed by atoms with E-state index < -0.39 is 4.92 Å². The number of aliphatic hydroxyl groups is 1. The van der Waals surface area contributed by atoms with Crippen LogP contribution in [-0.4, -0.2) is 46.2 Å². The number of anilines is 2. The Kier molecular flexibility index (Phi) is 5.68. The molecular weight excluding hydrogens is 250 g/mol. The van der Waals surface area contributed by atoms with Gasteiger partial charge in [-0.25, -0.2) is 9.97 Å². The van der Waals surface area contributed by atoms with Gasteiger partial charge in [-0.1, -0.05) is 6.08 Å². The summed E-state index contributed by atoms with van der Waals surface area (Å²) in [6.45, 7) is 6.40. The first-order valence-corrected chi connectivity index (χ1v) is 5.85. The van der Waals surface area contributed by atoms with Crippen molar-refractivity contribution in [2.45, 2.75) is 6.92 Å². The molecule has 0 spiro atoms. The first-order valence-electron chi connectivity index (χ1n) is 5.85. The molecule has 2 N–H and O–H groups in total.